The molecule has 4 N–H and O–H groups in total. The summed E-state index contributed by atoms with van der Waals surface area (Å²) in [6.07, 6.45) is -0.629. The predicted molar refractivity (Wildman–Crippen MR) is 106 cm³/mol. The highest BCUT2D eigenvalue weighted by atomic mass is 127. The van der Waals surface area contributed by atoms with E-state index in [0.29, 0.717) is 12.5 Å². The molecule has 1 aromatic heterocycles. The molecule has 1 unspecified atom stereocenters. The van der Waals surface area contributed by atoms with E-state index in [9.17, 15) is 9.90 Å². The second-order valence-corrected chi connectivity index (χ2v) is 5.80. The number of aliphatic hydroxyl groups is 1. The van der Waals surface area contributed by atoms with Crippen LogP contribution in [0.5, 0.6) is 0 Å². The molecule has 23 heavy (non-hydrogen) atoms. The lowest BCUT2D eigenvalue weighted by atomic mass is 10.2. The van der Waals surface area contributed by atoms with Crippen molar-refractivity contribution >= 4 is 57.3 Å². The maximum absolute atomic E-state index is 11.2. The van der Waals surface area contributed by atoms with Gasteiger partial charge in [0, 0.05) is 30.2 Å². The largest absolute Gasteiger partial charge is 0.386 e. The van der Waals surface area contributed by atoms with E-state index >= 15 is 0 Å². The lowest BCUT2D eigenvalue weighted by Crippen LogP contribution is -2.43. The number of aliphatic hydroxyl groups excluding tert-OH is 1. The molecule has 1 aromatic carbocycles. The number of aliphatic imine (C=N–C) groups is 1. The van der Waals surface area contributed by atoms with Gasteiger partial charge in [-0.1, -0.05) is 18.2 Å². The van der Waals surface area contributed by atoms with Crippen LogP contribution in [0.15, 0.2) is 35.3 Å². The molecule has 2 aromatic rings. The average molecular weight is 448 g/mol. The minimum absolute atomic E-state index is 0. The van der Waals surface area contributed by atoms with Crippen molar-refractivity contribution in [3.63, 3.8) is 0 Å². The summed E-state index contributed by atoms with van der Waals surface area (Å²) in [4.78, 5) is 16.1. The zero-order chi connectivity index (χ0) is 15.9. The SMILES string of the molecule is CN=C(NCC(=O)NC)NCC(O)c1cc2ccccc2s1.I. The summed E-state index contributed by atoms with van der Waals surface area (Å²) in [5, 5.41) is 19.8. The van der Waals surface area contributed by atoms with Crippen molar-refractivity contribution in [1.29, 1.82) is 0 Å². The van der Waals surface area contributed by atoms with Crippen molar-refractivity contribution < 1.29 is 9.90 Å². The fourth-order valence-electron chi connectivity index (χ4n) is 1.93. The first-order valence-corrected chi connectivity index (χ1v) is 7.77. The summed E-state index contributed by atoms with van der Waals surface area (Å²) < 4.78 is 1.15. The topological polar surface area (TPSA) is 85.8 Å². The summed E-state index contributed by atoms with van der Waals surface area (Å²) in [7, 11) is 3.19. The average Bonchev–Trinajstić information content (AvgIpc) is 2.98. The zero-order valence-electron chi connectivity index (χ0n) is 13.0. The number of nitrogens with zero attached hydrogens (tertiary/aromatic N) is 1. The van der Waals surface area contributed by atoms with Gasteiger partial charge >= 0.3 is 0 Å². The van der Waals surface area contributed by atoms with E-state index < -0.39 is 6.10 Å². The molecule has 1 atom stereocenters. The van der Waals surface area contributed by atoms with Gasteiger partial charge in [0.2, 0.25) is 5.91 Å². The minimum atomic E-state index is -0.629. The Bertz CT molecular complexity index is 641. The second kappa shape index (κ2) is 9.68. The molecule has 126 valence electrons. The Balaban J connectivity index is 0.00000264. The van der Waals surface area contributed by atoms with Gasteiger partial charge in [0.15, 0.2) is 5.96 Å². The fraction of sp³-hybridized carbons (Fsp3) is 0.333. The maximum atomic E-state index is 11.2. The van der Waals surface area contributed by atoms with Crippen LogP contribution in [0.4, 0.5) is 0 Å². The van der Waals surface area contributed by atoms with Crippen molar-refractivity contribution in [3.8, 4) is 0 Å². The van der Waals surface area contributed by atoms with E-state index in [-0.39, 0.29) is 36.4 Å². The van der Waals surface area contributed by atoms with Gasteiger partial charge in [0.05, 0.1) is 6.54 Å². The van der Waals surface area contributed by atoms with E-state index in [1.165, 1.54) is 0 Å². The molecule has 0 aliphatic carbocycles. The van der Waals surface area contributed by atoms with Crippen LogP contribution in [0.25, 0.3) is 10.1 Å². The van der Waals surface area contributed by atoms with E-state index in [2.05, 4.69) is 20.9 Å². The Kier molecular flexibility index (Phi) is 8.28. The molecular formula is C15H21IN4O2S. The number of likely N-dealkylation sites (N-methyl/N-ethyl adjacent to an activating group) is 1. The molecule has 0 saturated heterocycles. The van der Waals surface area contributed by atoms with Gasteiger partial charge in [-0.05, 0) is 17.5 Å². The normalized spacial score (nSPS) is 12.4. The first-order chi connectivity index (χ1) is 10.6. The maximum Gasteiger partial charge on any atom is 0.239 e. The fourth-order valence-corrected chi connectivity index (χ4v) is 2.98. The Morgan fingerprint density at radius 1 is 1.35 bits per heavy atom. The molecule has 1 amide bonds. The summed E-state index contributed by atoms with van der Waals surface area (Å²) in [6.45, 7) is 0.454. The Morgan fingerprint density at radius 3 is 2.74 bits per heavy atom. The number of carbonyl (C=O) groups is 1. The zero-order valence-corrected chi connectivity index (χ0v) is 16.1. The van der Waals surface area contributed by atoms with E-state index in [1.54, 1.807) is 25.4 Å². The van der Waals surface area contributed by atoms with Crippen molar-refractivity contribution in [2.24, 2.45) is 4.99 Å². The van der Waals surface area contributed by atoms with Crippen LogP contribution in [0, 0.1) is 0 Å². The molecule has 2 rings (SSSR count). The van der Waals surface area contributed by atoms with Crippen LogP contribution in [0.3, 0.4) is 0 Å². The molecule has 0 spiro atoms. The number of benzene rings is 1. The number of hydrogen-bond donors (Lipinski definition) is 4. The van der Waals surface area contributed by atoms with Gasteiger partial charge in [-0.3, -0.25) is 9.79 Å². The summed E-state index contributed by atoms with van der Waals surface area (Å²) in [6, 6.07) is 10.0. The summed E-state index contributed by atoms with van der Waals surface area (Å²) >= 11 is 1.57. The predicted octanol–water partition coefficient (Wildman–Crippen LogP) is 1.46. The number of amides is 1. The smallest absolute Gasteiger partial charge is 0.239 e. The van der Waals surface area contributed by atoms with Gasteiger partial charge in [0.25, 0.3) is 0 Å². The molecule has 0 aliphatic heterocycles. The van der Waals surface area contributed by atoms with Crippen LogP contribution in [0.1, 0.15) is 11.0 Å². The Morgan fingerprint density at radius 2 is 2.09 bits per heavy atom. The first kappa shape index (κ1) is 19.7. The van der Waals surface area contributed by atoms with Crippen molar-refractivity contribution in [1.82, 2.24) is 16.0 Å². The summed E-state index contributed by atoms with van der Waals surface area (Å²) in [5.41, 5.74) is 0. The van der Waals surface area contributed by atoms with E-state index in [0.717, 1.165) is 15.0 Å². The molecule has 0 fully saturated rings. The van der Waals surface area contributed by atoms with Crippen molar-refractivity contribution in [2.75, 3.05) is 27.2 Å². The van der Waals surface area contributed by atoms with E-state index in [4.69, 9.17) is 0 Å². The number of thiophene rings is 1. The number of hydrogen-bond acceptors (Lipinski definition) is 4. The van der Waals surface area contributed by atoms with Gasteiger partial charge in [-0.15, -0.1) is 35.3 Å². The first-order valence-electron chi connectivity index (χ1n) is 6.95. The second-order valence-electron chi connectivity index (χ2n) is 4.68. The number of nitrogens with one attached hydrogen (secondary N) is 3. The van der Waals surface area contributed by atoms with Gasteiger partial charge in [0.1, 0.15) is 6.10 Å². The highest BCUT2D eigenvalue weighted by molar-refractivity contribution is 14.0. The van der Waals surface area contributed by atoms with Crippen molar-refractivity contribution in [2.45, 2.75) is 6.10 Å². The summed E-state index contributed by atoms with van der Waals surface area (Å²) in [5.74, 6) is 0.344. The van der Waals surface area contributed by atoms with Crippen LogP contribution in [0.2, 0.25) is 0 Å². The number of fused-ring (bicyclic) bond motifs is 1. The van der Waals surface area contributed by atoms with Crippen LogP contribution < -0.4 is 16.0 Å². The van der Waals surface area contributed by atoms with Gasteiger partial charge < -0.3 is 21.1 Å². The molecule has 1 heterocycles. The van der Waals surface area contributed by atoms with Crippen LogP contribution >= 0.6 is 35.3 Å². The highest BCUT2D eigenvalue weighted by Crippen LogP contribution is 2.29. The molecule has 0 radical (unpaired) electrons. The third-order valence-corrected chi connectivity index (χ3v) is 4.37. The monoisotopic (exact) mass is 448 g/mol. The quantitative estimate of drug-likeness (QED) is 0.317. The number of rotatable bonds is 5. The molecule has 0 saturated carbocycles. The van der Waals surface area contributed by atoms with Crippen molar-refractivity contribution in [3.05, 3.63) is 35.2 Å². The number of guanidine groups is 1. The molecule has 0 aliphatic rings. The van der Waals surface area contributed by atoms with E-state index in [1.807, 2.05) is 30.3 Å². The standard InChI is InChI=1S/C15H20N4O2S.HI/c1-16-14(21)9-19-15(17-2)18-8-11(20)13-7-10-5-3-4-6-12(10)22-13;/h3-7,11,20H,8-9H2,1-2H3,(H,16,21)(H2,17,18,19);1H. The van der Waals surface area contributed by atoms with Crippen LogP contribution in [-0.4, -0.2) is 44.2 Å². The lowest BCUT2D eigenvalue weighted by molar-refractivity contribution is -0.119. The third kappa shape index (κ3) is 5.63. The lowest BCUT2D eigenvalue weighted by Gasteiger charge is -2.14. The molecular weight excluding hydrogens is 427 g/mol. The number of halogens is 1. The minimum Gasteiger partial charge on any atom is -0.386 e. The molecule has 8 heteroatoms. The van der Waals surface area contributed by atoms with Gasteiger partial charge in [-0.25, -0.2) is 0 Å². The highest BCUT2D eigenvalue weighted by Gasteiger charge is 2.12. The Labute approximate surface area is 156 Å². The molecule has 6 nitrogen and oxygen atoms in total. The number of carbonyl (C=O) groups excluding carboxylic acids is 1. The Hall–Kier alpha value is -1.39. The van der Waals surface area contributed by atoms with Crippen LogP contribution in [-0.2, 0) is 4.79 Å². The van der Waals surface area contributed by atoms with Gasteiger partial charge in [-0.2, -0.15) is 0 Å². The third-order valence-electron chi connectivity index (χ3n) is 3.15. The molecule has 0 bridgehead atoms.